The van der Waals surface area contributed by atoms with E-state index in [2.05, 4.69) is 4.72 Å². The molecular formula is C20H26N2O4S2. The maximum atomic E-state index is 12.8. The lowest BCUT2D eigenvalue weighted by Gasteiger charge is -2.30. The highest BCUT2D eigenvalue weighted by Crippen LogP contribution is 2.25. The summed E-state index contributed by atoms with van der Waals surface area (Å²) in [6.45, 7) is 6.74. The van der Waals surface area contributed by atoms with Gasteiger partial charge in [-0.15, -0.1) is 0 Å². The van der Waals surface area contributed by atoms with Crippen molar-refractivity contribution in [1.29, 1.82) is 0 Å². The van der Waals surface area contributed by atoms with Gasteiger partial charge in [-0.05, 0) is 68.5 Å². The topological polar surface area (TPSA) is 83.5 Å². The lowest BCUT2D eigenvalue weighted by atomic mass is 10.0. The van der Waals surface area contributed by atoms with Crippen molar-refractivity contribution in [2.75, 3.05) is 17.8 Å². The number of sulfonamides is 2. The van der Waals surface area contributed by atoms with E-state index in [1.165, 1.54) is 28.6 Å². The number of hydrogen-bond donors (Lipinski definition) is 1. The number of benzene rings is 2. The van der Waals surface area contributed by atoms with E-state index in [-0.39, 0.29) is 9.79 Å². The minimum atomic E-state index is -3.75. The van der Waals surface area contributed by atoms with E-state index < -0.39 is 20.0 Å². The number of aryl methyl sites for hydroxylation is 2. The SMILES string of the molecule is Cc1ccc(S(=O)(=O)Nc2ccc(S(=O)(=O)N3CCC[C@@H](C)C3)cc2)c(C)c1. The standard InChI is InChI=1S/C20H26N2O4S2/c1-15-6-11-20(17(3)13-15)27(23,24)21-18-7-9-19(10-8-18)28(25,26)22-12-4-5-16(2)14-22/h6-11,13,16,21H,4-5,12,14H2,1-3H3/t16-/m1/s1. The van der Waals surface area contributed by atoms with Gasteiger partial charge in [-0.2, -0.15) is 4.31 Å². The Morgan fingerprint density at radius 3 is 2.29 bits per heavy atom. The smallest absolute Gasteiger partial charge is 0.262 e. The zero-order valence-corrected chi connectivity index (χ0v) is 18.0. The second kappa shape index (κ2) is 7.85. The lowest BCUT2D eigenvalue weighted by molar-refractivity contribution is 0.281. The van der Waals surface area contributed by atoms with Gasteiger partial charge in [0.25, 0.3) is 10.0 Å². The molecule has 1 fully saturated rings. The number of piperidine rings is 1. The Balaban J connectivity index is 1.81. The van der Waals surface area contributed by atoms with E-state index in [9.17, 15) is 16.8 Å². The number of nitrogens with one attached hydrogen (secondary N) is 1. The molecule has 1 atom stereocenters. The van der Waals surface area contributed by atoms with E-state index in [4.69, 9.17) is 0 Å². The van der Waals surface area contributed by atoms with Gasteiger partial charge >= 0.3 is 0 Å². The molecule has 3 rings (SSSR count). The van der Waals surface area contributed by atoms with Crippen molar-refractivity contribution in [1.82, 2.24) is 4.31 Å². The summed E-state index contributed by atoms with van der Waals surface area (Å²) < 4.78 is 55.0. The van der Waals surface area contributed by atoms with E-state index in [1.807, 2.05) is 19.9 Å². The van der Waals surface area contributed by atoms with Crippen LogP contribution < -0.4 is 4.72 Å². The van der Waals surface area contributed by atoms with E-state index in [1.54, 1.807) is 19.1 Å². The number of anilines is 1. The molecule has 0 saturated carbocycles. The number of rotatable bonds is 5. The van der Waals surface area contributed by atoms with Crippen molar-refractivity contribution in [3.05, 3.63) is 53.6 Å². The second-order valence-corrected chi connectivity index (χ2v) is 11.1. The first kappa shape index (κ1) is 20.8. The molecule has 152 valence electrons. The second-order valence-electron chi connectivity index (χ2n) is 7.51. The molecule has 6 nitrogen and oxygen atoms in total. The molecule has 1 N–H and O–H groups in total. The third-order valence-corrected chi connectivity index (χ3v) is 8.40. The van der Waals surface area contributed by atoms with Crippen LogP contribution in [0.4, 0.5) is 5.69 Å². The Morgan fingerprint density at radius 1 is 1.00 bits per heavy atom. The van der Waals surface area contributed by atoms with Gasteiger partial charge in [0.15, 0.2) is 0 Å². The van der Waals surface area contributed by atoms with Crippen LogP contribution in [0.3, 0.4) is 0 Å². The summed E-state index contributed by atoms with van der Waals surface area (Å²) >= 11 is 0. The minimum Gasteiger partial charge on any atom is -0.280 e. The molecule has 0 spiro atoms. The molecule has 1 aliphatic rings. The lowest BCUT2D eigenvalue weighted by Crippen LogP contribution is -2.39. The van der Waals surface area contributed by atoms with Crippen molar-refractivity contribution >= 4 is 25.7 Å². The largest absolute Gasteiger partial charge is 0.280 e. The first-order valence-electron chi connectivity index (χ1n) is 9.30. The first-order chi connectivity index (χ1) is 13.1. The van der Waals surface area contributed by atoms with Crippen LogP contribution in [-0.4, -0.2) is 34.2 Å². The van der Waals surface area contributed by atoms with Crippen molar-refractivity contribution < 1.29 is 16.8 Å². The fourth-order valence-corrected chi connectivity index (χ4v) is 6.40. The maximum Gasteiger partial charge on any atom is 0.262 e. The Kier molecular flexibility index (Phi) is 5.84. The molecule has 28 heavy (non-hydrogen) atoms. The summed E-state index contributed by atoms with van der Waals surface area (Å²) in [7, 11) is -7.31. The highest BCUT2D eigenvalue weighted by Gasteiger charge is 2.28. The highest BCUT2D eigenvalue weighted by atomic mass is 32.2. The van der Waals surface area contributed by atoms with Crippen LogP contribution in [-0.2, 0) is 20.0 Å². The summed E-state index contributed by atoms with van der Waals surface area (Å²) in [5.74, 6) is 0.340. The Hall–Kier alpha value is -1.90. The predicted octanol–water partition coefficient (Wildman–Crippen LogP) is 3.52. The Labute approximate surface area is 167 Å². The van der Waals surface area contributed by atoms with Crippen LogP contribution in [0.15, 0.2) is 52.3 Å². The van der Waals surface area contributed by atoms with Crippen LogP contribution in [0.25, 0.3) is 0 Å². The maximum absolute atomic E-state index is 12.8. The molecule has 0 bridgehead atoms. The zero-order valence-electron chi connectivity index (χ0n) is 16.3. The minimum absolute atomic E-state index is 0.177. The van der Waals surface area contributed by atoms with Crippen LogP contribution >= 0.6 is 0 Å². The van der Waals surface area contributed by atoms with Crippen molar-refractivity contribution in [3.8, 4) is 0 Å². The molecule has 0 aliphatic carbocycles. The Morgan fingerprint density at radius 2 is 1.68 bits per heavy atom. The molecule has 1 heterocycles. The summed E-state index contributed by atoms with van der Waals surface area (Å²) in [5, 5.41) is 0. The van der Waals surface area contributed by atoms with Crippen LogP contribution in [0.5, 0.6) is 0 Å². The van der Waals surface area contributed by atoms with E-state index in [0.29, 0.717) is 30.3 Å². The molecule has 2 aromatic carbocycles. The van der Waals surface area contributed by atoms with Crippen molar-refractivity contribution in [3.63, 3.8) is 0 Å². The molecule has 0 aromatic heterocycles. The summed E-state index contributed by atoms with van der Waals surface area (Å²) in [6, 6.07) is 11.0. The summed E-state index contributed by atoms with van der Waals surface area (Å²) in [6.07, 6.45) is 1.89. The summed E-state index contributed by atoms with van der Waals surface area (Å²) in [4.78, 5) is 0.383. The van der Waals surface area contributed by atoms with Gasteiger partial charge in [-0.1, -0.05) is 24.6 Å². The molecule has 0 unspecified atom stereocenters. The average molecular weight is 423 g/mol. The average Bonchev–Trinajstić information content (AvgIpc) is 2.61. The number of nitrogens with zero attached hydrogens (tertiary/aromatic N) is 1. The molecule has 1 aliphatic heterocycles. The quantitative estimate of drug-likeness (QED) is 0.799. The van der Waals surface area contributed by atoms with E-state index >= 15 is 0 Å². The van der Waals surface area contributed by atoms with Crippen molar-refractivity contribution in [2.24, 2.45) is 5.92 Å². The van der Waals surface area contributed by atoms with Gasteiger partial charge in [-0.25, -0.2) is 16.8 Å². The van der Waals surface area contributed by atoms with Crippen molar-refractivity contribution in [2.45, 2.75) is 43.4 Å². The molecule has 1 saturated heterocycles. The molecule has 2 aromatic rings. The van der Waals surface area contributed by atoms with Gasteiger partial charge in [0.2, 0.25) is 10.0 Å². The van der Waals surface area contributed by atoms with Gasteiger partial charge in [0, 0.05) is 18.8 Å². The number of hydrogen-bond acceptors (Lipinski definition) is 4. The zero-order chi connectivity index (χ0) is 20.5. The fourth-order valence-electron chi connectivity index (χ4n) is 3.52. The third-order valence-electron chi connectivity index (χ3n) is 4.98. The van der Waals surface area contributed by atoms with Crippen LogP contribution in [0.1, 0.15) is 30.9 Å². The van der Waals surface area contributed by atoms with Crippen LogP contribution in [0, 0.1) is 19.8 Å². The summed E-state index contributed by atoms with van der Waals surface area (Å²) in [5.41, 5.74) is 1.97. The normalized spacial score (nSPS) is 18.8. The highest BCUT2D eigenvalue weighted by molar-refractivity contribution is 7.92. The molecule has 8 heteroatoms. The van der Waals surface area contributed by atoms with Gasteiger partial charge in [-0.3, -0.25) is 4.72 Å². The predicted molar refractivity (Wildman–Crippen MR) is 110 cm³/mol. The van der Waals surface area contributed by atoms with Gasteiger partial charge in [0.1, 0.15) is 0 Å². The van der Waals surface area contributed by atoms with Gasteiger partial charge < -0.3 is 0 Å². The fraction of sp³-hybridized carbons (Fsp3) is 0.400. The first-order valence-corrected chi connectivity index (χ1v) is 12.2. The third kappa shape index (κ3) is 4.39. The van der Waals surface area contributed by atoms with Gasteiger partial charge in [0.05, 0.1) is 9.79 Å². The molecule has 0 amide bonds. The molecule has 0 radical (unpaired) electrons. The van der Waals surface area contributed by atoms with Crippen LogP contribution in [0.2, 0.25) is 0 Å². The Bertz CT molecular complexity index is 1060. The molecular weight excluding hydrogens is 396 g/mol. The van der Waals surface area contributed by atoms with E-state index in [0.717, 1.165) is 18.4 Å². The monoisotopic (exact) mass is 422 g/mol.